The van der Waals surface area contributed by atoms with Crippen LogP contribution in [-0.2, 0) is 9.47 Å². The molecule has 0 aliphatic carbocycles. The first-order chi connectivity index (χ1) is 17.0. The number of hydrogen-bond donors (Lipinski definition) is 8. The number of aliphatic hydroxyl groups is 6. The van der Waals surface area contributed by atoms with Crippen LogP contribution in [0.5, 0.6) is 0 Å². The lowest BCUT2D eigenvalue weighted by atomic mass is 10.1. The molecule has 0 amide bonds. The van der Waals surface area contributed by atoms with Crippen molar-refractivity contribution in [2.75, 3.05) is 6.61 Å². The van der Waals surface area contributed by atoms with Gasteiger partial charge in [-0.2, -0.15) is 0 Å². The molecule has 9 atom stereocenters. The van der Waals surface area contributed by atoms with Crippen molar-refractivity contribution in [2.45, 2.75) is 55.2 Å². The topological polar surface area (TPSA) is 250 Å². The van der Waals surface area contributed by atoms with Crippen LogP contribution in [0.2, 0.25) is 0 Å². The minimum atomic E-state index is -1.83. The molecule has 2 aromatic heterocycles. The lowest BCUT2D eigenvalue weighted by Crippen LogP contribution is -2.40. The highest BCUT2D eigenvalue weighted by Gasteiger charge is 2.47. The van der Waals surface area contributed by atoms with E-state index in [1.54, 1.807) is 0 Å². The molecule has 36 heavy (non-hydrogen) atoms. The Labute approximate surface area is 199 Å². The molecule has 0 saturated carbocycles. The van der Waals surface area contributed by atoms with E-state index in [0.717, 1.165) is 22.9 Å². The van der Waals surface area contributed by atoms with Gasteiger partial charge in [0.1, 0.15) is 48.4 Å². The van der Waals surface area contributed by atoms with Crippen LogP contribution in [0, 0.1) is 11.8 Å². The quantitative estimate of drug-likeness (QED) is 0.179. The van der Waals surface area contributed by atoms with Crippen molar-refractivity contribution in [1.82, 2.24) is 19.1 Å². The summed E-state index contributed by atoms with van der Waals surface area (Å²) in [4.78, 5) is 51.4. The third-order valence-electron chi connectivity index (χ3n) is 5.81. The summed E-state index contributed by atoms with van der Waals surface area (Å²) < 4.78 is 12.2. The number of nitrogens with one attached hydrogen (secondary N) is 2. The van der Waals surface area contributed by atoms with Crippen LogP contribution in [-0.4, -0.2) is 99.1 Å². The van der Waals surface area contributed by atoms with E-state index in [1.165, 1.54) is 0 Å². The minimum Gasteiger partial charge on any atom is -0.394 e. The lowest BCUT2D eigenvalue weighted by Gasteiger charge is -2.19. The molecule has 4 heterocycles. The Bertz CT molecular complexity index is 1420. The van der Waals surface area contributed by atoms with E-state index in [-0.39, 0.29) is 5.69 Å². The van der Waals surface area contributed by atoms with Gasteiger partial charge < -0.3 is 40.1 Å². The molecule has 4 rings (SSSR count). The zero-order chi connectivity index (χ0) is 26.3. The molecule has 194 valence electrons. The van der Waals surface area contributed by atoms with Crippen molar-refractivity contribution in [3.8, 4) is 11.8 Å². The van der Waals surface area contributed by atoms with Crippen molar-refractivity contribution in [2.24, 2.45) is 0 Å². The van der Waals surface area contributed by atoms with E-state index in [1.807, 2.05) is 9.97 Å². The molecule has 0 aromatic carbocycles. The second-order valence-corrected chi connectivity index (χ2v) is 8.13. The van der Waals surface area contributed by atoms with Gasteiger partial charge in [-0.1, -0.05) is 5.92 Å². The van der Waals surface area contributed by atoms with Gasteiger partial charge in [-0.25, -0.2) is 9.59 Å². The van der Waals surface area contributed by atoms with Gasteiger partial charge in [0.2, 0.25) is 0 Å². The van der Waals surface area contributed by atoms with Crippen molar-refractivity contribution in [3.05, 3.63) is 65.7 Å². The summed E-state index contributed by atoms with van der Waals surface area (Å²) in [5.41, 5.74) is -3.96. The second-order valence-electron chi connectivity index (χ2n) is 8.13. The predicted molar refractivity (Wildman–Crippen MR) is 114 cm³/mol. The monoisotopic (exact) mass is 510 g/mol. The molecule has 0 bridgehead atoms. The zero-order valence-corrected chi connectivity index (χ0v) is 18.2. The predicted octanol–water partition coefficient (Wildman–Crippen LogP) is -5.97. The van der Waals surface area contributed by atoms with Gasteiger partial charge in [-0.3, -0.25) is 28.7 Å². The largest absolute Gasteiger partial charge is 0.394 e. The summed E-state index contributed by atoms with van der Waals surface area (Å²) >= 11 is 0. The van der Waals surface area contributed by atoms with Crippen LogP contribution in [0.15, 0.2) is 37.5 Å². The third-order valence-corrected chi connectivity index (χ3v) is 5.81. The average molecular weight is 510 g/mol. The van der Waals surface area contributed by atoms with E-state index in [2.05, 4.69) is 11.8 Å². The molecule has 2 aliphatic rings. The molecule has 16 heteroatoms. The molecular formula is C20H22N4O12. The summed E-state index contributed by atoms with van der Waals surface area (Å²) in [7, 11) is 0. The smallest absolute Gasteiger partial charge is 0.331 e. The van der Waals surface area contributed by atoms with Gasteiger partial charge >= 0.3 is 11.4 Å². The van der Waals surface area contributed by atoms with Crippen LogP contribution in [0.4, 0.5) is 0 Å². The lowest BCUT2D eigenvalue weighted by molar-refractivity contribution is -0.0705. The average Bonchev–Trinajstić information content (AvgIpc) is 3.27. The Morgan fingerprint density at radius 3 is 2.22 bits per heavy atom. The highest BCUT2D eigenvalue weighted by molar-refractivity contribution is 5.30. The molecule has 2 aliphatic heterocycles. The number of aromatic amines is 2. The van der Waals surface area contributed by atoms with Gasteiger partial charge in [0.25, 0.3) is 11.1 Å². The Morgan fingerprint density at radius 2 is 1.58 bits per heavy atom. The van der Waals surface area contributed by atoms with Crippen molar-refractivity contribution < 1.29 is 40.1 Å². The van der Waals surface area contributed by atoms with E-state index >= 15 is 0 Å². The number of hydrogen-bond acceptors (Lipinski definition) is 12. The second kappa shape index (κ2) is 9.93. The van der Waals surface area contributed by atoms with Crippen molar-refractivity contribution in [3.63, 3.8) is 0 Å². The minimum absolute atomic E-state index is 0.362. The first-order valence-corrected chi connectivity index (χ1v) is 10.5. The van der Waals surface area contributed by atoms with Crippen LogP contribution in [0.25, 0.3) is 0 Å². The summed E-state index contributed by atoms with van der Waals surface area (Å²) in [5.74, 6) is 4.60. The molecule has 2 aromatic rings. The Kier molecular flexibility index (Phi) is 7.08. The van der Waals surface area contributed by atoms with Crippen LogP contribution in [0.3, 0.4) is 0 Å². The highest BCUT2D eigenvalue weighted by atomic mass is 16.6. The summed E-state index contributed by atoms with van der Waals surface area (Å²) in [6.07, 6.45) is -13.3. The number of nitrogens with zero attached hydrogens (tertiary/aromatic N) is 2. The molecule has 2 fully saturated rings. The van der Waals surface area contributed by atoms with Gasteiger partial charge in [-0.15, -0.1) is 0 Å². The molecule has 0 spiro atoms. The normalized spacial score (nSPS) is 32.7. The van der Waals surface area contributed by atoms with Gasteiger partial charge in [0, 0.05) is 18.3 Å². The maximum atomic E-state index is 12.4. The van der Waals surface area contributed by atoms with Crippen molar-refractivity contribution >= 4 is 0 Å². The Balaban J connectivity index is 1.64. The van der Waals surface area contributed by atoms with Crippen LogP contribution >= 0.6 is 0 Å². The zero-order valence-electron chi connectivity index (χ0n) is 18.2. The molecular weight excluding hydrogens is 488 g/mol. The van der Waals surface area contributed by atoms with Gasteiger partial charge in [0.05, 0.1) is 6.61 Å². The molecule has 2 saturated heterocycles. The van der Waals surface area contributed by atoms with E-state index < -0.39 is 84.3 Å². The molecule has 8 N–H and O–H groups in total. The molecule has 0 radical (unpaired) electrons. The standard InChI is InChI=1S/C20H22N4O12/c25-6-9-12(29)14(31)18(35-9)24-7(5-11(28)22-20(24)34)1-2-8(26)16-13(30)15(32)17(36-16)23-4-3-10(27)21-19(23)33/h3-5,8-9,12-18,25-26,29-32H,6H2,(H,21,27,33)(H,22,28,34)/t8-,9-,12-,13+,14-,15-,16-,17-,18-/m1/s1. The highest BCUT2D eigenvalue weighted by Crippen LogP contribution is 2.30. The maximum Gasteiger partial charge on any atom is 0.331 e. The van der Waals surface area contributed by atoms with E-state index in [4.69, 9.17) is 9.47 Å². The molecule has 16 nitrogen and oxygen atoms in total. The first-order valence-electron chi connectivity index (χ1n) is 10.5. The van der Waals surface area contributed by atoms with Gasteiger partial charge in [-0.05, 0) is 5.92 Å². The SMILES string of the molecule is O=c1ccn([C@@H]2O[C@H]([C@H](O)C#Cc3cc(=O)[nH]c(=O)n3[C@@H]3O[C@H](CO)[C@@H](O)[C@H]3O)[C@@H](O)[C@H]2O)c(=O)[nH]1. The van der Waals surface area contributed by atoms with Crippen LogP contribution in [0.1, 0.15) is 18.1 Å². The van der Waals surface area contributed by atoms with Gasteiger partial charge in [0.15, 0.2) is 12.5 Å². The number of rotatable bonds is 4. The van der Waals surface area contributed by atoms with Crippen molar-refractivity contribution in [1.29, 1.82) is 0 Å². The Hall–Kier alpha value is -3.40. The number of aromatic nitrogens is 4. The number of aliphatic hydroxyl groups excluding tert-OH is 6. The summed E-state index contributed by atoms with van der Waals surface area (Å²) in [6.45, 7) is -0.675. The van der Waals surface area contributed by atoms with Crippen LogP contribution < -0.4 is 22.5 Å². The van der Waals surface area contributed by atoms with E-state index in [9.17, 15) is 49.8 Å². The maximum absolute atomic E-state index is 12.4. The summed E-state index contributed by atoms with van der Waals surface area (Å²) in [6, 6.07) is 1.83. The number of H-pyrrole nitrogens is 2. The summed E-state index contributed by atoms with van der Waals surface area (Å²) in [5, 5.41) is 60.7. The third kappa shape index (κ3) is 4.57. The first kappa shape index (κ1) is 25.7. The fourth-order valence-electron chi connectivity index (χ4n) is 3.98. The fraction of sp³-hybridized carbons (Fsp3) is 0.500. The fourth-order valence-corrected chi connectivity index (χ4v) is 3.98. The van der Waals surface area contributed by atoms with E-state index in [0.29, 0.717) is 4.57 Å². The number of ether oxygens (including phenoxy) is 2. The molecule has 0 unspecified atom stereocenters. The Morgan fingerprint density at radius 1 is 0.917 bits per heavy atom.